The van der Waals surface area contributed by atoms with Gasteiger partial charge in [-0.15, -0.1) is 26.3 Å². The van der Waals surface area contributed by atoms with E-state index in [4.69, 9.17) is 0 Å². The van der Waals surface area contributed by atoms with Crippen molar-refractivity contribution < 1.29 is 49.0 Å². The van der Waals surface area contributed by atoms with E-state index in [1.54, 1.807) is 11.1 Å². The Hall–Kier alpha value is -4.23. The first-order chi connectivity index (χ1) is 20.7. The summed E-state index contributed by atoms with van der Waals surface area (Å²) in [5.74, 6) is -1.81. The van der Waals surface area contributed by atoms with E-state index in [0.29, 0.717) is 21.0 Å². The number of hydrogen-bond donors (Lipinski definition) is 1. The maximum absolute atomic E-state index is 13.6. The summed E-state index contributed by atoms with van der Waals surface area (Å²) in [6.07, 6.45) is -6.97. The lowest BCUT2D eigenvalue weighted by molar-refractivity contribution is -0.275. The summed E-state index contributed by atoms with van der Waals surface area (Å²) >= 11 is 1.24. The smallest absolute Gasteiger partial charge is 0.406 e. The van der Waals surface area contributed by atoms with Crippen LogP contribution in [-0.2, 0) is 21.4 Å². The van der Waals surface area contributed by atoms with Crippen molar-refractivity contribution in [3.05, 3.63) is 66.6 Å². The van der Waals surface area contributed by atoms with Gasteiger partial charge in [0.25, 0.3) is 0 Å². The number of hydrogen-bond acceptors (Lipinski definition) is 10. The van der Waals surface area contributed by atoms with Gasteiger partial charge in [-0.3, -0.25) is 4.79 Å². The normalized spacial score (nSPS) is 16.6. The molecule has 0 saturated carbocycles. The molecule has 3 heterocycles. The zero-order chi connectivity index (χ0) is 31.7. The Morgan fingerprint density at radius 2 is 1.57 bits per heavy atom. The zero-order valence-electron chi connectivity index (χ0n) is 22.0. The lowest BCUT2D eigenvalue weighted by Crippen LogP contribution is -2.60. The van der Waals surface area contributed by atoms with Crippen LogP contribution >= 0.6 is 11.3 Å². The molecule has 1 N–H and O–H groups in total. The van der Waals surface area contributed by atoms with Crippen LogP contribution in [0.1, 0.15) is 5.56 Å². The highest BCUT2D eigenvalue weighted by Crippen LogP contribution is 2.31. The monoisotopic (exact) mass is 662 g/mol. The van der Waals surface area contributed by atoms with Crippen molar-refractivity contribution in [2.24, 2.45) is 0 Å². The number of alkyl halides is 6. The first kappa shape index (κ1) is 31.2. The largest absolute Gasteiger partial charge is 0.573 e. The molecule has 1 fully saturated rings. The number of carbonyl (C=O) groups excluding carboxylic acids is 1. The molecule has 1 saturated heterocycles. The topological polar surface area (TPSA) is 127 Å². The molecule has 0 aliphatic carbocycles. The predicted octanol–water partition coefficient (Wildman–Crippen LogP) is 4.08. The molecule has 2 aromatic heterocycles. The first-order valence-corrected chi connectivity index (χ1v) is 14.8. The van der Waals surface area contributed by atoms with Crippen LogP contribution < -0.4 is 19.7 Å². The van der Waals surface area contributed by atoms with Crippen LogP contribution in [0.3, 0.4) is 0 Å². The van der Waals surface area contributed by atoms with Gasteiger partial charge in [0.05, 0.1) is 9.60 Å². The molecule has 5 rings (SSSR count). The standard InChI is InChI=1S/C25H20F6N6O5S2/c26-24(27,28)41-16-3-1-15(2-4-16)11-33-22(38)19-13-36(23-35-21-20(43-23)12-32-14-34-21)9-10-37(19)44(39,40)18-7-5-17(6-8-18)42-25(29,30)31/h1-8,12,14,19H,9-11,13H2,(H,33,38)/t19-/m1/s1. The maximum Gasteiger partial charge on any atom is 0.573 e. The van der Waals surface area contributed by atoms with Crippen molar-refractivity contribution in [3.8, 4) is 11.5 Å². The summed E-state index contributed by atoms with van der Waals surface area (Å²) < 4.78 is 112. The minimum absolute atomic E-state index is 0.117. The molecule has 1 atom stereocenters. The van der Waals surface area contributed by atoms with Gasteiger partial charge < -0.3 is 19.7 Å². The average molecular weight is 663 g/mol. The van der Waals surface area contributed by atoms with Crippen molar-refractivity contribution in [2.45, 2.75) is 30.2 Å². The SMILES string of the molecule is O=C(NCc1ccc(OC(F)(F)F)cc1)[C@H]1CN(c2nc3ncncc3s2)CCN1S(=O)(=O)c1ccc(OC(F)(F)F)cc1. The van der Waals surface area contributed by atoms with E-state index in [2.05, 4.69) is 29.7 Å². The molecular weight excluding hydrogens is 642 g/mol. The summed E-state index contributed by atoms with van der Waals surface area (Å²) in [5, 5.41) is 3.07. The summed E-state index contributed by atoms with van der Waals surface area (Å²) in [4.78, 5) is 27.3. The number of halogens is 6. The Morgan fingerprint density at radius 3 is 2.16 bits per heavy atom. The van der Waals surface area contributed by atoms with Crippen molar-refractivity contribution >= 4 is 42.7 Å². The van der Waals surface area contributed by atoms with Gasteiger partial charge in [0, 0.05) is 32.4 Å². The fraction of sp³-hybridized carbons (Fsp3) is 0.280. The Bertz CT molecular complexity index is 1700. The maximum atomic E-state index is 13.6. The molecule has 0 spiro atoms. The number of rotatable bonds is 8. The van der Waals surface area contributed by atoms with Crippen LogP contribution in [-0.4, -0.2) is 72.0 Å². The predicted molar refractivity (Wildman–Crippen MR) is 143 cm³/mol. The number of piperazine rings is 1. The van der Waals surface area contributed by atoms with E-state index < -0.39 is 46.2 Å². The van der Waals surface area contributed by atoms with E-state index in [1.165, 1.54) is 29.8 Å². The lowest BCUT2D eigenvalue weighted by Gasteiger charge is -2.39. The fourth-order valence-corrected chi connectivity index (χ4v) is 6.82. The molecule has 0 bridgehead atoms. The van der Waals surface area contributed by atoms with Crippen molar-refractivity contribution in [2.75, 3.05) is 24.5 Å². The molecule has 1 aliphatic heterocycles. The van der Waals surface area contributed by atoms with Gasteiger partial charge in [0.2, 0.25) is 15.9 Å². The highest BCUT2D eigenvalue weighted by atomic mass is 32.2. The summed E-state index contributed by atoms with van der Waals surface area (Å²) in [5.41, 5.74) is 0.815. The fourth-order valence-electron chi connectivity index (χ4n) is 4.32. The number of thiazole rings is 1. The van der Waals surface area contributed by atoms with Gasteiger partial charge >= 0.3 is 12.7 Å². The van der Waals surface area contributed by atoms with Gasteiger partial charge in [-0.2, -0.15) is 9.29 Å². The molecule has 0 radical (unpaired) electrons. The van der Waals surface area contributed by atoms with E-state index in [0.717, 1.165) is 40.7 Å². The molecule has 44 heavy (non-hydrogen) atoms. The number of ether oxygens (including phenoxy) is 2. The number of carbonyl (C=O) groups is 1. The van der Waals surface area contributed by atoms with Crippen LogP contribution in [0.2, 0.25) is 0 Å². The molecule has 19 heteroatoms. The molecule has 4 aromatic rings. The summed E-state index contributed by atoms with van der Waals surface area (Å²) in [6.45, 7) is -0.375. The first-order valence-electron chi connectivity index (χ1n) is 12.5. The van der Waals surface area contributed by atoms with E-state index in [9.17, 15) is 39.6 Å². The number of aromatic nitrogens is 3. The highest BCUT2D eigenvalue weighted by Gasteiger charge is 2.41. The zero-order valence-corrected chi connectivity index (χ0v) is 23.7. The molecular formula is C25H20F6N6O5S2. The molecule has 0 unspecified atom stereocenters. The van der Waals surface area contributed by atoms with Gasteiger partial charge in [0.1, 0.15) is 23.9 Å². The summed E-state index contributed by atoms with van der Waals surface area (Å²) in [7, 11) is -4.41. The third kappa shape index (κ3) is 7.45. The number of benzene rings is 2. The van der Waals surface area contributed by atoms with Crippen LogP contribution in [0.25, 0.3) is 10.3 Å². The van der Waals surface area contributed by atoms with Gasteiger partial charge in [0.15, 0.2) is 10.8 Å². The molecule has 1 amide bonds. The number of sulfonamides is 1. The minimum atomic E-state index is -4.97. The Labute approximate surface area is 249 Å². The second-order valence-corrected chi connectivity index (χ2v) is 12.1. The highest BCUT2D eigenvalue weighted by molar-refractivity contribution is 7.89. The molecule has 2 aromatic carbocycles. The Morgan fingerprint density at radius 1 is 0.955 bits per heavy atom. The van der Waals surface area contributed by atoms with E-state index >= 15 is 0 Å². The number of fused-ring (bicyclic) bond motifs is 1. The minimum Gasteiger partial charge on any atom is -0.406 e. The van der Waals surface area contributed by atoms with E-state index in [1.807, 2.05) is 0 Å². The molecule has 11 nitrogen and oxygen atoms in total. The number of nitrogens with one attached hydrogen (secondary N) is 1. The number of nitrogens with zero attached hydrogens (tertiary/aromatic N) is 5. The number of anilines is 1. The van der Waals surface area contributed by atoms with Crippen LogP contribution in [0.5, 0.6) is 11.5 Å². The van der Waals surface area contributed by atoms with Crippen LogP contribution in [0.15, 0.2) is 66.0 Å². The van der Waals surface area contributed by atoms with Gasteiger partial charge in [-0.05, 0) is 42.0 Å². The lowest BCUT2D eigenvalue weighted by atomic mass is 10.1. The second-order valence-electron chi connectivity index (χ2n) is 9.21. The van der Waals surface area contributed by atoms with Crippen molar-refractivity contribution in [1.29, 1.82) is 0 Å². The third-order valence-electron chi connectivity index (χ3n) is 6.25. The second kappa shape index (κ2) is 12.0. The van der Waals surface area contributed by atoms with Crippen LogP contribution in [0, 0.1) is 0 Å². The van der Waals surface area contributed by atoms with E-state index in [-0.39, 0.29) is 31.1 Å². The van der Waals surface area contributed by atoms with Gasteiger partial charge in [-0.25, -0.2) is 18.4 Å². The van der Waals surface area contributed by atoms with Crippen molar-refractivity contribution in [3.63, 3.8) is 0 Å². The van der Waals surface area contributed by atoms with Crippen molar-refractivity contribution in [1.82, 2.24) is 24.6 Å². The molecule has 1 aliphatic rings. The quantitative estimate of drug-likeness (QED) is 0.278. The Balaban J connectivity index is 1.37. The van der Waals surface area contributed by atoms with Crippen LogP contribution in [0.4, 0.5) is 31.5 Å². The average Bonchev–Trinajstić information content (AvgIpc) is 3.39. The van der Waals surface area contributed by atoms with Gasteiger partial charge in [-0.1, -0.05) is 23.5 Å². The summed E-state index contributed by atoms with van der Waals surface area (Å²) in [6, 6.07) is 6.98. The third-order valence-corrected chi connectivity index (χ3v) is 9.22. The number of amides is 1. The Kier molecular flexibility index (Phi) is 8.54. The molecule has 234 valence electrons.